The molecule has 3 aromatic carbocycles. The SMILES string of the molecule is O=C(NS(=O)(=O)c1ccc(C(F)(F)F)cc1)N1CCC(c2ccccc2)C(c2ccc(Br)cc2)=N1. The van der Waals surface area contributed by atoms with Gasteiger partial charge in [-0.15, -0.1) is 0 Å². The minimum atomic E-state index is -4.60. The first-order chi connectivity index (χ1) is 16.5. The van der Waals surface area contributed by atoms with Crippen LogP contribution in [0.25, 0.3) is 0 Å². The van der Waals surface area contributed by atoms with Crippen LogP contribution in [0, 0.1) is 0 Å². The molecule has 6 nitrogen and oxygen atoms in total. The van der Waals surface area contributed by atoms with Crippen molar-refractivity contribution in [1.82, 2.24) is 9.73 Å². The van der Waals surface area contributed by atoms with Crippen LogP contribution in [-0.4, -0.2) is 31.7 Å². The predicted octanol–water partition coefficient (Wildman–Crippen LogP) is 5.76. The van der Waals surface area contributed by atoms with Crippen molar-refractivity contribution in [3.05, 3.63) is 100 Å². The predicted molar refractivity (Wildman–Crippen MR) is 128 cm³/mol. The van der Waals surface area contributed by atoms with Crippen LogP contribution >= 0.6 is 15.9 Å². The summed E-state index contributed by atoms with van der Waals surface area (Å²) in [5, 5.41) is 5.50. The zero-order chi connectivity index (χ0) is 25.2. The maximum Gasteiger partial charge on any atom is 0.416 e. The second kappa shape index (κ2) is 9.82. The number of rotatable bonds is 4. The van der Waals surface area contributed by atoms with Gasteiger partial charge in [-0.3, -0.25) is 0 Å². The smallest absolute Gasteiger partial charge is 0.246 e. The molecule has 3 aromatic rings. The number of nitrogens with zero attached hydrogens (tertiary/aromatic N) is 2. The van der Waals surface area contributed by atoms with E-state index < -0.39 is 32.7 Å². The Bertz CT molecular complexity index is 1340. The first kappa shape index (κ1) is 24.9. The molecule has 0 fully saturated rings. The average Bonchev–Trinajstić information content (AvgIpc) is 2.84. The summed E-state index contributed by atoms with van der Waals surface area (Å²) in [5.41, 5.74) is 1.38. The maximum absolute atomic E-state index is 12.8. The van der Waals surface area contributed by atoms with Crippen molar-refractivity contribution in [3.63, 3.8) is 0 Å². The Balaban J connectivity index is 1.60. The number of hydrogen-bond donors (Lipinski definition) is 1. The fourth-order valence-corrected chi connectivity index (χ4v) is 4.94. The van der Waals surface area contributed by atoms with E-state index in [1.54, 1.807) is 0 Å². The fourth-order valence-electron chi connectivity index (χ4n) is 3.72. The lowest BCUT2D eigenvalue weighted by atomic mass is 9.86. The van der Waals surface area contributed by atoms with E-state index in [9.17, 15) is 26.4 Å². The molecule has 1 unspecified atom stereocenters. The van der Waals surface area contributed by atoms with Crippen LogP contribution in [0.4, 0.5) is 18.0 Å². The van der Waals surface area contributed by atoms with Gasteiger partial charge < -0.3 is 0 Å². The van der Waals surface area contributed by atoms with Crippen LogP contribution in [0.2, 0.25) is 0 Å². The summed E-state index contributed by atoms with van der Waals surface area (Å²) in [6, 6.07) is 18.9. The third kappa shape index (κ3) is 5.73. The van der Waals surface area contributed by atoms with Crippen LogP contribution < -0.4 is 4.72 Å². The molecule has 182 valence electrons. The molecule has 1 atom stereocenters. The zero-order valence-electron chi connectivity index (χ0n) is 18.0. The molecular formula is C24H19BrF3N3O3S. The number of hydrazone groups is 1. The van der Waals surface area contributed by atoms with Gasteiger partial charge in [-0.05, 0) is 53.9 Å². The van der Waals surface area contributed by atoms with E-state index in [0.717, 1.165) is 32.7 Å². The normalized spacial score (nSPS) is 16.5. The average molecular weight is 566 g/mol. The minimum absolute atomic E-state index is 0.118. The van der Waals surface area contributed by atoms with Gasteiger partial charge >= 0.3 is 12.2 Å². The van der Waals surface area contributed by atoms with E-state index in [0.29, 0.717) is 24.3 Å². The van der Waals surface area contributed by atoms with Crippen molar-refractivity contribution < 1.29 is 26.4 Å². The summed E-state index contributed by atoms with van der Waals surface area (Å²) in [5.74, 6) is -0.118. The Hall–Kier alpha value is -3.18. The molecule has 4 rings (SSSR count). The van der Waals surface area contributed by atoms with E-state index in [1.165, 1.54) is 0 Å². The Morgan fingerprint density at radius 2 is 1.60 bits per heavy atom. The first-order valence-electron chi connectivity index (χ1n) is 10.5. The van der Waals surface area contributed by atoms with Gasteiger partial charge in [0.05, 0.1) is 16.2 Å². The number of hydrogen-bond acceptors (Lipinski definition) is 4. The highest BCUT2D eigenvalue weighted by Crippen LogP contribution is 2.31. The standard InChI is InChI=1S/C24H19BrF3N3O3S/c25-19-10-6-17(7-11-19)22-21(16-4-2-1-3-5-16)14-15-31(29-22)23(32)30-35(33,34)20-12-8-18(9-13-20)24(26,27)28/h1-13,21H,14-15H2,(H,30,32). The van der Waals surface area contributed by atoms with Crippen molar-refractivity contribution in [2.45, 2.75) is 23.4 Å². The largest absolute Gasteiger partial charge is 0.416 e. The lowest BCUT2D eigenvalue weighted by Crippen LogP contribution is -2.44. The van der Waals surface area contributed by atoms with Crippen molar-refractivity contribution in [2.75, 3.05) is 6.54 Å². The van der Waals surface area contributed by atoms with E-state index in [1.807, 2.05) is 59.3 Å². The van der Waals surface area contributed by atoms with Crippen LogP contribution in [0.1, 0.15) is 29.0 Å². The van der Waals surface area contributed by atoms with Gasteiger partial charge in [0.1, 0.15) is 0 Å². The second-order valence-corrected chi connectivity index (χ2v) is 10.4. The lowest BCUT2D eigenvalue weighted by Gasteiger charge is -2.30. The summed E-state index contributed by atoms with van der Waals surface area (Å²) in [6.45, 7) is 0.147. The van der Waals surface area contributed by atoms with E-state index in [2.05, 4.69) is 21.0 Å². The number of benzene rings is 3. The third-order valence-corrected chi connectivity index (χ3v) is 7.34. The summed E-state index contributed by atoms with van der Waals surface area (Å²) in [7, 11) is -4.41. The van der Waals surface area contributed by atoms with Gasteiger partial charge in [-0.1, -0.05) is 58.4 Å². The van der Waals surface area contributed by atoms with Crippen LogP contribution in [0.5, 0.6) is 0 Å². The van der Waals surface area contributed by atoms with Crippen molar-refractivity contribution in [3.8, 4) is 0 Å². The molecule has 0 aromatic heterocycles. The lowest BCUT2D eigenvalue weighted by molar-refractivity contribution is -0.137. The zero-order valence-corrected chi connectivity index (χ0v) is 20.4. The van der Waals surface area contributed by atoms with Gasteiger partial charge in [-0.25, -0.2) is 22.9 Å². The van der Waals surface area contributed by atoms with Gasteiger partial charge in [-0.2, -0.15) is 18.3 Å². The highest BCUT2D eigenvalue weighted by Gasteiger charge is 2.32. The molecule has 0 radical (unpaired) electrons. The fraction of sp³-hybridized carbons (Fsp3) is 0.167. The molecule has 11 heteroatoms. The van der Waals surface area contributed by atoms with E-state index in [4.69, 9.17) is 0 Å². The molecule has 0 aliphatic carbocycles. The molecule has 0 spiro atoms. The molecule has 0 saturated heterocycles. The highest BCUT2D eigenvalue weighted by molar-refractivity contribution is 9.10. The molecule has 2 amide bonds. The number of amides is 2. The summed E-state index contributed by atoms with van der Waals surface area (Å²) >= 11 is 3.39. The second-order valence-electron chi connectivity index (χ2n) is 7.80. The monoisotopic (exact) mass is 565 g/mol. The molecule has 1 heterocycles. The molecule has 1 N–H and O–H groups in total. The van der Waals surface area contributed by atoms with Gasteiger partial charge in [0, 0.05) is 16.9 Å². The van der Waals surface area contributed by atoms with Crippen molar-refractivity contribution >= 4 is 37.7 Å². The van der Waals surface area contributed by atoms with E-state index in [-0.39, 0.29) is 12.5 Å². The number of carbonyl (C=O) groups excluding carboxylic acids is 1. The number of alkyl halides is 3. The quantitative estimate of drug-likeness (QED) is 0.436. The minimum Gasteiger partial charge on any atom is -0.246 e. The Morgan fingerprint density at radius 3 is 2.20 bits per heavy atom. The molecular weight excluding hydrogens is 547 g/mol. The Kier molecular flexibility index (Phi) is 7.00. The van der Waals surface area contributed by atoms with Crippen LogP contribution in [0.3, 0.4) is 0 Å². The van der Waals surface area contributed by atoms with Crippen LogP contribution in [-0.2, 0) is 16.2 Å². The first-order valence-corrected chi connectivity index (χ1v) is 12.7. The number of sulfonamides is 1. The molecule has 1 aliphatic rings. The van der Waals surface area contributed by atoms with Gasteiger partial charge in [0.25, 0.3) is 10.0 Å². The maximum atomic E-state index is 12.8. The summed E-state index contributed by atoms with van der Waals surface area (Å²) in [6.07, 6.45) is -4.11. The van der Waals surface area contributed by atoms with Crippen molar-refractivity contribution in [2.24, 2.45) is 5.10 Å². The molecule has 35 heavy (non-hydrogen) atoms. The number of urea groups is 1. The van der Waals surface area contributed by atoms with Crippen LogP contribution in [0.15, 0.2) is 93.3 Å². The van der Waals surface area contributed by atoms with Gasteiger partial charge in [0.2, 0.25) is 0 Å². The molecule has 0 saturated carbocycles. The summed E-state index contributed by atoms with van der Waals surface area (Å²) < 4.78 is 66.4. The topological polar surface area (TPSA) is 78.8 Å². The highest BCUT2D eigenvalue weighted by atomic mass is 79.9. The molecule has 1 aliphatic heterocycles. The summed E-state index contributed by atoms with van der Waals surface area (Å²) in [4.78, 5) is 12.4. The Labute approximate surface area is 208 Å². The van der Waals surface area contributed by atoms with Gasteiger partial charge in [0.15, 0.2) is 0 Å². The number of halogens is 4. The van der Waals surface area contributed by atoms with E-state index >= 15 is 0 Å². The molecule has 0 bridgehead atoms. The number of carbonyl (C=O) groups is 1. The number of nitrogens with one attached hydrogen (secondary N) is 1. The Morgan fingerprint density at radius 1 is 0.971 bits per heavy atom. The van der Waals surface area contributed by atoms with Crippen molar-refractivity contribution in [1.29, 1.82) is 0 Å². The third-order valence-electron chi connectivity index (χ3n) is 5.48.